The molecule has 0 radical (unpaired) electrons. The fourth-order valence-electron chi connectivity index (χ4n) is 1.64. The number of hydrogen-bond acceptors (Lipinski definition) is 5. The molecule has 0 bridgehead atoms. The minimum Gasteiger partial charge on any atom is -0.497 e. The van der Waals surface area contributed by atoms with Crippen molar-refractivity contribution in [3.8, 4) is 5.75 Å². The van der Waals surface area contributed by atoms with E-state index >= 15 is 0 Å². The molecule has 2 aromatic rings. The molecule has 0 amide bonds. The number of benzene rings is 1. The first-order valence-electron chi connectivity index (χ1n) is 6.77. The lowest BCUT2D eigenvalue weighted by Crippen LogP contribution is -2.05. The molecule has 0 atom stereocenters. The number of carbonyl (C=O) groups is 1. The van der Waals surface area contributed by atoms with Crippen LogP contribution in [-0.4, -0.2) is 20.2 Å². The summed E-state index contributed by atoms with van der Waals surface area (Å²) < 4.78 is 9.84. The molecule has 0 aliphatic rings. The number of hydrogen-bond donors (Lipinski definition) is 1. The van der Waals surface area contributed by atoms with Gasteiger partial charge in [-0.1, -0.05) is 26.0 Å². The highest BCUT2D eigenvalue weighted by atomic mass is 32.1. The Labute approximate surface area is 129 Å². The summed E-state index contributed by atoms with van der Waals surface area (Å²) in [6, 6.07) is 9.66. The number of methoxy groups -OCH3 is 2. The van der Waals surface area contributed by atoms with Gasteiger partial charge >= 0.3 is 5.97 Å². The molecular weight excluding hydrogens is 286 g/mol. The molecule has 0 spiro atoms. The van der Waals surface area contributed by atoms with Crippen molar-refractivity contribution in [1.82, 2.24) is 0 Å². The van der Waals surface area contributed by atoms with Crippen molar-refractivity contribution in [2.45, 2.75) is 20.4 Å². The maximum atomic E-state index is 11.5. The number of ether oxygens (including phenoxy) is 2. The third-order valence-electron chi connectivity index (χ3n) is 2.68. The van der Waals surface area contributed by atoms with Crippen LogP contribution >= 0.6 is 11.3 Å². The van der Waals surface area contributed by atoms with Crippen LogP contribution in [0.2, 0.25) is 0 Å². The zero-order valence-electron chi connectivity index (χ0n) is 12.8. The molecule has 4 nitrogen and oxygen atoms in total. The second-order valence-corrected chi connectivity index (χ2v) is 4.77. The van der Waals surface area contributed by atoms with Gasteiger partial charge in [-0.25, -0.2) is 4.79 Å². The van der Waals surface area contributed by atoms with Crippen LogP contribution in [0.25, 0.3) is 0 Å². The summed E-state index contributed by atoms with van der Waals surface area (Å²) in [5.74, 6) is 0.516. The van der Waals surface area contributed by atoms with E-state index < -0.39 is 0 Å². The van der Waals surface area contributed by atoms with E-state index in [2.05, 4.69) is 5.32 Å². The molecule has 1 aromatic heterocycles. The summed E-state index contributed by atoms with van der Waals surface area (Å²) >= 11 is 1.37. The van der Waals surface area contributed by atoms with E-state index in [4.69, 9.17) is 9.47 Å². The quantitative estimate of drug-likeness (QED) is 0.842. The van der Waals surface area contributed by atoms with E-state index in [9.17, 15) is 4.79 Å². The number of thiophene rings is 1. The highest BCUT2D eigenvalue weighted by Crippen LogP contribution is 2.24. The van der Waals surface area contributed by atoms with E-state index in [0.717, 1.165) is 17.0 Å². The fourth-order valence-corrected chi connectivity index (χ4v) is 2.43. The van der Waals surface area contributed by atoms with Crippen LogP contribution in [0.1, 0.15) is 29.1 Å². The second kappa shape index (κ2) is 9.02. The SMILES string of the molecule is CC.COC(=O)c1sccc1NCc1ccc(OC)cc1. The molecule has 21 heavy (non-hydrogen) atoms. The summed E-state index contributed by atoms with van der Waals surface area (Å²) in [7, 11) is 3.02. The largest absolute Gasteiger partial charge is 0.497 e. The van der Waals surface area contributed by atoms with Crippen molar-refractivity contribution in [3.05, 3.63) is 46.2 Å². The third-order valence-corrected chi connectivity index (χ3v) is 3.57. The third kappa shape index (κ3) is 4.79. The van der Waals surface area contributed by atoms with Crippen molar-refractivity contribution < 1.29 is 14.3 Å². The number of rotatable bonds is 5. The average molecular weight is 307 g/mol. The topological polar surface area (TPSA) is 47.6 Å². The lowest BCUT2D eigenvalue weighted by atomic mass is 10.2. The lowest BCUT2D eigenvalue weighted by molar-refractivity contribution is 0.0607. The molecule has 1 N–H and O–H groups in total. The van der Waals surface area contributed by atoms with Crippen LogP contribution < -0.4 is 10.1 Å². The Morgan fingerprint density at radius 2 is 1.81 bits per heavy atom. The van der Waals surface area contributed by atoms with E-state index in [1.165, 1.54) is 18.4 Å². The van der Waals surface area contributed by atoms with Gasteiger partial charge in [-0.15, -0.1) is 11.3 Å². The number of nitrogens with one attached hydrogen (secondary N) is 1. The number of carbonyl (C=O) groups excluding carboxylic acids is 1. The van der Waals surface area contributed by atoms with Gasteiger partial charge < -0.3 is 14.8 Å². The van der Waals surface area contributed by atoms with Crippen molar-refractivity contribution in [3.63, 3.8) is 0 Å². The maximum absolute atomic E-state index is 11.5. The standard InChI is InChI=1S/C14H15NO3S.C2H6/c1-17-11-5-3-10(4-6-11)9-15-12-7-8-19-13(12)14(16)18-2;1-2/h3-8,15H,9H2,1-2H3;1-2H3. The summed E-state index contributed by atoms with van der Waals surface area (Å²) in [6.07, 6.45) is 0. The first-order valence-corrected chi connectivity index (χ1v) is 7.65. The van der Waals surface area contributed by atoms with E-state index in [1.807, 2.05) is 49.6 Å². The van der Waals surface area contributed by atoms with Crippen molar-refractivity contribution in [1.29, 1.82) is 0 Å². The van der Waals surface area contributed by atoms with Crippen LogP contribution in [0.3, 0.4) is 0 Å². The molecule has 0 fully saturated rings. The van der Waals surface area contributed by atoms with Gasteiger partial charge in [0.2, 0.25) is 0 Å². The van der Waals surface area contributed by atoms with Crippen LogP contribution in [0, 0.1) is 0 Å². The van der Waals surface area contributed by atoms with Gasteiger partial charge in [0.1, 0.15) is 10.6 Å². The zero-order valence-corrected chi connectivity index (χ0v) is 13.6. The van der Waals surface area contributed by atoms with Crippen molar-refractivity contribution in [2.75, 3.05) is 19.5 Å². The van der Waals surface area contributed by atoms with Crippen LogP contribution in [-0.2, 0) is 11.3 Å². The van der Waals surface area contributed by atoms with E-state index in [-0.39, 0.29) is 5.97 Å². The first kappa shape index (κ1) is 17.0. The van der Waals surface area contributed by atoms with Crippen LogP contribution in [0.5, 0.6) is 5.75 Å². The van der Waals surface area contributed by atoms with Crippen molar-refractivity contribution >= 4 is 23.0 Å². The minimum absolute atomic E-state index is 0.313. The van der Waals surface area contributed by atoms with Crippen molar-refractivity contribution in [2.24, 2.45) is 0 Å². The van der Waals surface area contributed by atoms with Gasteiger partial charge in [0.05, 0.1) is 19.9 Å². The predicted molar refractivity (Wildman–Crippen MR) is 87.3 cm³/mol. The summed E-state index contributed by atoms with van der Waals surface area (Å²) in [5, 5.41) is 5.09. The normalized spacial score (nSPS) is 9.33. The fraction of sp³-hybridized carbons (Fsp3) is 0.312. The van der Waals surface area contributed by atoms with Crippen LogP contribution in [0.4, 0.5) is 5.69 Å². The minimum atomic E-state index is -0.313. The Balaban J connectivity index is 0.00000106. The molecular formula is C16H21NO3S. The van der Waals surface area contributed by atoms with E-state index in [0.29, 0.717) is 11.4 Å². The van der Waals surface area contributed by atoms with E-state index in [1.54, 1.807) is 7.11 Å². The molecule has 114 valence electrons. The van der Waals surface area contributed by atoms with Gasteiger partial charge in [-0.05, 0) is 29.1 Å². The van der Waals surface area contributed by atoms with Gasteiger partial charge in [0, 0.05) is 6.54 Å². The zero-order chi connectivity index (χ0) is 15.7. The summed E-state index contributed by atoms with van der Waals surface area (Å²) in [6.45, 7) is 4.64. The molecule has 2 rings (SSSR count). The average Bonchev–Trinajstić information content (AvgIpc) is 3.03. The monoisotopic (exact) mass is 307 g/mol. The second-order valence-electron chi connectivity index (χ2n) is 3.86. The van der Waals surface area contributed by atoms with Crippen LogP contribution in [0.15, 0.2) is 35.7 Å². The Kier molecular flexibility index (Phi) is 7.32. The number of esters is 1. The molecule has 0 aliphatic carbocycles. The highest BCUT2D eigenvalue weighted by molar-refractivity contribution is 7.12. The maximum Gasteiger partial charge on any atom is 0.350 e. The molecule has 0 unspecified atom stereocenters. The number of anilines is 1. The molecule has 1 heterocycles. The Morgan fingerprint density at radius 3 is 2.38 bits per heavy atom. The molecule has 0 aliphatic heterocycles. The molecule has 5 heteroatoms. The Morgan fingerprint density at radius 1 is 1.14 bits per heavy atom. The van der Waals surface area contributed by atoms with Gasteiger partial charge in [0.15, 0.2) is 0 Å². The van der Waals surface area contributed by atoms with Gasteiger partial charge in [-0.3, -0.25) is 0 Å². The smallest absolute Gasteiger partial charge is 0.350 e. The molecule has 0 saturated heterocycles. The summed E-state index contributed by atoms with van der Waals surface area (Å²) in [5.41, 5.74) is 1.91. The van der Waals surface area contributed by atoms with Gasteiger partial charge in [-0.2, -0.15) is 0 Å². The highest BCUT2D eigenvalue weighted by Gasteiger charge is 2.12. The Hall–Kier alpha value is -2.01. The van der Waals surface area contributed by atoms with Gasteiger partial charge in [0.25, 0.3) is 0 Å². The lowest BCUT2D eigenvalue weighted by Gasteiger charge is -2.07. The molecule has 0 saturated carbocycles. The Bertz CT molecular complexity index is 549. The summed E-state index contributed by atoms with van der Waals surface area (Å²) in [4.78, 5) is 12.1. The first-order chi connectivity index (χ1) is 10.2. The molecule has 1 aromatic carbocycles. The predicted octanol–water partition coefficient (Wildman–Crippen LogP) is 4.18.